The van der Waals surface area contributed by atoms with Crippen LogP contribution in [0.2, 0.25) is 0 Å². The van der Waals surface area contributed by atoms with E-state index in [1.54, 1.807) is 12.1 Å². The Hall–Kier alpha value is -4.51. The number of hydrogen-bond acceptors (Lipinski definition) is 6. The molecular weight excluding hydrogens is 480 g/mol. The lowest BCUT2D eigenvalue weighted by molar-refractivity contribution is -0.142. The van der Waals surface area contributed by atoms with Crippen molar-refractivity contribution >= 4 is 23.4 Å². The van der Waals surface area contributed by atoms with E-state index in [4.69, 9.17) is 9.47 Å². The minimum Gasteiger partial charge on any atom is -0.494 e. The van der Waals surface area contributed by atoms with Crippen molar-refractivity contribution in [3.63, 3.8) is 0 Å². The molecule has 3 aromatic rings. The lowest BCUT2D eigenvalue weighted by Crippen LogP contribution is -2.45. The van der Waals surface area contributed by atoms with Gasteiger partial charge in [0.2, 0.25) is 0 Å². The number of ether oxygens (including phenoxy) is 2. The van der Waals surface area contributed by atoms with Crippen molar-refractivity contribution in [3.05, 3.63) is 89.5 Å². The van der Waals surface area contributed by atoms with E-state index in [2.05, 4.69) is 28.5 Å². The van der Waals surface area contributed by atoms with Gasteiger partial charge in [0.15, 0.2) is 0 Å². The molecule has 1 aliphatic heterocycles. The largest absolute Gasteiger partial charge is 0.494 e. The van der Waals surface area contributed by atoms with Crippen molar-refractivity contribution in [2.45, 2.75) is 38.3 Å². The summed E-state index contributed by atoms with van der Waals surface area (Å²) in [5.74, 6) is -0.0681. The number of nitrogens with zero attached hydrogens (tertiary/aromatic N) is 2. The molecule has 196 valence electrons. The van der Waals surface area contributed by atoms with Gasteiger partial charge < -0.3 is 25.0 Å². The highest BCUT2D eigenvalue weighted by atomic mass is 16.5. The summed E-state index contributed by atoms with van der Waals surface area (Å²) < 4.78 is 10.6. The van der Waals surface area contributed by atoms with Crippen molar-refractivity contribution in [1.82, 2.24) is 5.32 Å². The van der Waals surface area contributed by atoms with Gasteiger partial charge in [-0.2, -0.15) is 5.26 Å². The van der Waals surface area contributed by atoms with Crippen LogP contribution in [0.5, 0.6) is 5.75 Å². The molecule has 0 fully saturated rings. The first kappa shape index (κ1) is 26.6. The fourth-order valence-electron chi connectivity index (χ4n) is 4.95. The monoisotopic (exact) mass is 512 g/mol. The van der Waals surface area contributed by atoms with Crippen molar-refractivity contribution in [2.75, 3.05) is 30.5 Å². The maximum atomic E-state index is 12.7. The topological polar surface area (TPSA) is 104 Å². The predicted molar refractivity (Wildman–Crippen MR) is 146 cm³/mol. The first-order valence-corrected chi connectivity index (χ1v) is 12.7. The van der Waals surface area contributed by atoms with Gasteiger partial charge in [0.1, 0.15) is 11.8 Å². The number of carbonyl (C=O) groups is 2. The summed E-state index contributed by atoms with van der Waals surface area (Å²) >= 11 is 0. The quantitative estimate of drug-likeness (QED) is 0.383. The molecule has 0 aromatic heterocycles. The highest BCUT2D eigenvalue weighted by Gasteiger charge is 2.39. The normalized spacial score (nSPS) is 16.6. The zero-order valence-corrected chi connectivity index (χ0v) is 21.8. The second-order valence-electron chi connectivity index (χ2n) is 8.98. The molecule has 3 unspecified atom stereocenters. The lowest BCUT2D eigenvalue weighted by atomic mass is 9.91. The maximum absolute atomic E-state index is 12.7. The van der Waals surface area contributed by atoms with Crippen LogP contribution >= 0.6 is 0 Å². The SMILES string of the molecule is CCOc1ccc2c(c1)N(CC)C(c1ccc(NC(=O)NC(Cc3ccccc3)C(=O)OC)cc1)C2C#N. The van der Waals surface area contributed by atoms with Crippen LogP contribution in [0.1, 0.15) is 42.5 Å². The molecule has 0 bridgehead atoms. The number of anilines is 2. The zero-order valence-electron chi connectivity index (χ0n) is 21.8. The molecule has 1 aliphatic rings. The van der Waals surface area contributed by atoms with Gasteiger partial charge in [-0.25, -0.2) is 9.59 Å². The summed E-state index contributed by atoms with van der Waals surface area (Å²) in [7, 11) is 1.30. The number of benzene rings is 3. The zero-order chi connectivity index (χ0) is 27.1. The Morgan fingerprint density at radius 3 is 2.42 bits per heavy atom. The Morgan fingerprint density at radius 1 is 1.05 bits per heavy atom. The number of fused-ring (bicyclic) bond motifs is 1. The molecule has 8 nitrogen and oxygen atoms in total. The average Bonchev–Trinajstić information content (AvgIpc) is 3.26. The van der Waals surface area contributed by atoms with E-state index in [0.717, 1.165) is 34.7 Å². The number of nitriles is 1. The van der Waals surface area contributed by atoms with E-state index in [9.17, 15) is 14.9 Å². The minimum absolute atomic E-state index is 0.158. The number of methoxy groups -OCH3 is 1. The van der Waals surface area contributed by atoms with Gasteiger partial charge in [-0.1, -0.05) is 48.5 Å². The number of amides is 2. The third-order valence-corrected chi connectivity index (χ3v) is 6.67. The average molecular weight is 513 g/mol. The van der Waals surface area contributed by atoms with Gasteiger partial charge in [0, 0.05) is 30.4 Å². The standard InChI is InChI=1S/C30H32N4O4/c1-4-34-27-18-23(38-5-2)15-16-24(27)25(19-31)28(34)21-11-13-22(14-12-21)32-30(36)33-26(29(35)37-3)17-20-9-7-6-8-10-20/h6-16,18,25-26,28H,4-5,17H2,1-3H3,(H2,32,33,36). The lowest BCUT2D eigenvalue weighted by Gasteiger charge is -2.28. The number of esters is 1. The second-order valence-corrected chi connectivity index (χ2v) is 8.98. The van der Waals surface area contributed by atoms with Gasteiger partial charge in [-0.3, -0.25) is 0 Å². The van der Waals surface area contributed by atoms with Gasteiger partial charge in [0.25, 0.3) is 0 Å². The molecule has 3 atom stereocenters. The van der Waals surface area contributed by atoms with Crippen LogP contribution in [0.25, 0.3) is 0 Å². The Morgan fingerprint density at radius 2 is 1.79 bits per heavy atom. The third-order valence-electron chi connectivity index (χ3n) is 6.67. The summed E-state index contributed by atoms with van der Waals surface area (Å²) in [4.78, 5) is 27.2. The molecule has 3 aromatic carbocycles. The van der Waals surface area contributed by atoms with Crippen LogP contribution in [-0.4, -0.2) is 38.3 Å². The van der Waals surface area contributed by atoms with Crippen LogP contribution in [0.15, 0.2) is 72.8 Å². The molecule has 0 radical (unpaired) electrons. The van der Waals surface area contributed by atoms with Crippen molar-refractivity contribution in [1.29, 1.82) is 5.26 Å². The molecule has 4 rings (SSSR count). The molecular formula is C30H32N4O4. The molecule has 0 spiro atoms. The molecule has 38 heavy (non-hydrogen) atoms. The summed E-state index contributed by atoms with van der Waals surface area (Å²) in [5.41, 5.74) is 4.43. The van der Waals surface area contributed by atoms with Crippen molar-refractivity contribution < 1.29 is 19.1 Å². The van der Waals surface area contributed by atoms with Crippen LogP contribution in [-0.2, 0) is 16.0 Å². The van der Waals surface area contributed by atoms with E-state index in [0.29, 0.717) is 18.7 Å². The number of nitrogens with one attached hydrogen (secondary N) is 2. The van der Waals surface area contributed by atoms with E-state index < -0.39 is 18.0 Å². The minimum atomic E-state index is -0.824. The summed E-state index contributed by atoms with van der Waals surface area (Å²) in [6.07, 6.45) is 0.315. The molecule has 1 heterocycles. The Balaban J connectivity index is 1.47. The first-order valence-electron chi connectivity index (χ1n) is 12.7. The second kappa shape index (κ2) is 12.2. The summed E-state index contributed by atoms with van der Waals surface area (Å²) in [6, 6.07) is 23.8. The van der Waals surface area contributed by atoms with E-state index in [1.807, 2.05) is 67.6 Å². The smallest absolute Gasteiger partial charge is 0.328 e. The molecule has 8 heteroatoms. The number of carbonyl (C=O) groups excluding carboxylic acids is 2. The van der Waals surface area contributed by atoms with Gasteiger partial charge in [-0.05, 0) is 48.7 Å². The van der Waals surface area contributed by atoms with Crippen LogP contribution in [0, 0.1) is 11.3 Å². The predicted octanol–water partition coefficient (Wildman–Crippen LogP) is 5.18. The molecule has 2 amide bonds. The Kier molecular flexibility index (Phi) is 8.49. The summed E-state index contributed by atoms with van der Waals surface area (Å²) in [5, 5.41) is 15.5. The number of likely N-dealkylation sites (N-methyl/N-ethyl adjacent to an activating group) is 1. The summed E-state index contributed by atoms with van der Waals surface area (Å²) in [6.45, 7) is 5.31. The first-order chi connectivity index (χ1) is 18.5. The number of rotatable bonds is 9. The van der Waals surface area contributed by atoms with Crippen LogP contribution < -0.4 is 20.3 Å². The number of urea groups is 1. The fraction of sp³-hybridized carbons (Fsp3) is 0.300. The van der Waals surface area contributed by atoms with Crippen LogP contribution in [0.4, 0.5) is 16.2 Å². The molecule has 2 N–H and O–H groups in total. The Labute approximate surface area is 223 Å². The Bertz CT molecular complexity index is 1300. The molecule has 0 saturated heterocycles. The molecule has 0 aliphatic carbocycles. The molecule has 0 saturated carbocycles. The highest BCUT2D eigenvalue weighted by Crippen LogP contribution is 2.49. The van der Waals surface area contributed by atoms with Crippen molar-refractivity contribution in [3.8, 4) is 11.8 Å². The van der Waals surface area contributed by atoms with Crippen LogP contribution in [0.3, 0.4) is 0 Å². The highest BCUT2D eigenvalue weighted by molar-refractivity contribution is 5.92. The van der Waals surface area contributed by atoms with E-state index >= 15 is 0 Å². The van der Waals surface area contributed by atoms with Gasteiger partial charge >= 0.3 is 12.0 Å². The fourth-order valence-corrected chi connectivity index (χ4v) is 4.95. The van der Waals surface area contributed by atoms with Gasteiger partial charge in [-0.15, -0.1) is 0 Å². The maximum Gasteiger partial charge on any atom is 0.328 e. The number of hydrogen-bond donors (Lipinski definition) is 2. The van der Waals surface area contributed by atoms with Gasteiger partial charge in [0.05, 0.1) is 31.7 Å². The van der Waals surface area contributed by atoms with E-state index in [-0.39, 0.29) is 12.0 Å². The van der Waals surface area contributed by atoms with E-state index in [1.165, 1.54) is 7.11 Å². The third kappa shape index (κ3) is 5.73. The van der Waals surface area contributed by atoms with Crippen molar-refractivity contribution in [2.24, 2.45) is 0 Å².